The highest BCUT2D eigenvalue weighted by Crippen LogP contribution is 2.20. The Labute approximate surface area is 103 Å². The van der Waals surface area contributed by atoms with E-state index < -0.39 is 0 Å². The second kappa shape index (κ2) is 5.52. The molecule has 1 saturated heterocycles. The fourth-order valence-electron chi connectivity index (χ4n) is 2.49. The van der Waals surface area contributed by atoms with E-state index in [9.17, 15) is 5.11 Å². The molecule has 1 fully saturated rings. The minimum Gasteiger partial charge on any atom is -0.496 e. The Morgan fingerprint density at radius 1 is 1.53 bits per heavy atom. The van der Waals surface area contributed by atoms with E-state index >= 15 is 0 Å². The normalized spacial score (nSPS) is 21.5. The Kier molecular flexibility index (Phi) is 4.02. The molecule has 0 radical (unpaired) electrons. The van der Waals surface area contributed by atoms with Crippen molar-refractivity contribution in [3.8, 4) is 5.75 Å². The molecule has 0 bridgehead atoms. The van der Waals surface area contributed by atoms with Crippen LogP contribution in [0.4, 0.5) is 0 Å². The van der Waals surface area contributed by atoms with Gasteiger partial charge in [0.05, 0.1) is 13.2 Å². The monoisotopic (exact) mass is 235 g/mol. The van der Waals surface area contributed by atoms with Gasteiger partial charge in [-0.15, -0.1) is 0 Å². The van der Waals surface area contributed by atoms with Gasteiger partial charge in [0.1, 0.15) is 5.75 Å². The molecule has 0 saturated carbocycles. The van der Waals surface area contributed by atoms with Gasteiger partial charge < -0.3 is 15.2 Å². The van der Waals surface area contributed by atoms with Gasteiger partial charge in [-0.2, -0.15) is 0 Å². The number of nitrogens with one attached hydrogen (secondary N) is 1. The molecular weight excluding hydrogens is 214 g/mol. The fourth-order valence-corrected chi connectivity index (χ4v) is 2.49. The van der Waals surface area contributed by atoms with Crippen LogP contribution >= 0.6 is 0 Å². The van der Waals surface area contributed by atoms with Crippen LogP contribution in [0.3, 0.4) is 0 Å². The van der Waals surface area contributed by atoms with Gasteiger partial charge in [-0.3, -0.25) is 0 Å². The molecule has 17 heavy (non-hydrogen) atoms. The van der Waals surface area contributed by atoms with Crippen molar-refractivity contribution in [2.24, 2.45) is 0 Å². The van der Waals surface area contributed by atoms with Crippen LogP contribution in [0.1, 0.15) is 24.0 Å². The average Bonchev–Trinajstić information content (AvgIpc) is 2.82. The first-order valence-corrected chi connectivity index (χ1v) is 6.25. The van der Waals surface area contributed by atoms with Crippen LogP contribution in [-0.4, -0.2) is 30.9 Å². The van der Waals surface area contributed by atoms with Crippen LogP contribution in [0.5, 0.6) is 5.75 Å². The van der Waals surface area contributed by atoms with Gasteiger partial charge >= 0.3 is 0 Å². The Hall–Kier alpha value is -1.06. The predicted octanol–water partition coefficient (Wildman–Crippen LogP) is 1.66. The van der Waals surface area contributed by atoms with Crippen LogP contribution in [0.15, 0.2) is 18.2 Å². The molecule has 94 valence electrons. The Bertz CT molecular complexity index is 372. The summed E-state index contributed by atoms with van der Waals surface area (Å²) in [4.78, 5) is 0. The minimum absolute atomic E-state index is 0.261. The first kappa shape index (κ1) is 12.4. The number of aliphatic hydroxyl groups is 1. The van der Waals surface area contributed by atoms with Crippen LogP contribution in [0.2, 0.25) is 0 Å². The SMILES string of the molecule is COc1ccc(CC(O)C2CCCN2)cc1C. The van der Waals surface area contributed by atoms with E-state index in [-0.39, 0.29) is 12.1 Å². The largest absolute Gasteiger partial charge is 0.496 e. The highest BCUT2D eigenvalue weighted by Gasteiger charge is 2.22. The van der Waals surface area contributed by atoms with Crippen molar-refractivity contribution in [1.29, 1.82) is 0 Å². The van der Waals surface area contributed by atoms with E-state index in [0.717, 1.165) is 24.3 Å². The number of ether oxygens (including phenoxy) is 1. The minimum atomic E-state index is -0.287. The number of rotatable bonds is 4. The maximum atomic E-state index is 10.1. The molecule has 1 aromatic rings. The summed E-state index contributed by atoms with van der Waals surface area (Å²) >= 11 is 0. The third kappa shape index (κ3) is 2.99. The molecular formula is C14H21NO2. The maximum absolute atomic E-state index is 10.1. The standard InChI is InChI=1S/C14H21NO2/c1-10-8-11(5-6-14(10)17-2)9-13(16)12-4-3-7-15-12/h5-6,8,12-13,15-16H,3-4,7,9H2,1-2H3. The Morgan fingerprint density at radius 2 is 2.35 bits per heavy atom. The summed E-state index contributed by atoms with van der Waals surface area (Å²) in [6.45, 7) is 3.06. The maximum Gasteiger partial charge on any atom is 0.121 e. The highest BCUT2D eigenvalue weighted by molar-refractivity contribution is 5.36. The van der Waals surface area contributed by atoms with Gasteiger partial charge in [-0.05, 0) is 49.9 Å². The lowest BCUT2D eigenvalue weighted by Crippen LogP contribution is -2.36. The molecule has 1 aromatic carbocycles. The number of aliphatic hydroxyl groups excluding tert-OH is 1. The van der Waals surface area contributed by atoms with Crippen molar-refractivity contribution < 1.29 is 9.84 Å². The van der Waals surface area contributed by atoms with E-state index in [4.69, 9.17) is 4.74 Å². The van der Waals surface area contributed by atoms with Crippen molar-refractivity contribution in [2.45, 2.75) is 38.3 Å². The van der Waals surface area contributed by atoms with E-state index in [1.54, 1.807) is 7.11 Å². The number of aryl methyl sites for hydroxylation is 1. The van der Waals surface area contributed by atoms with E-state index in [0.29, 0.717) is 6.42 Å². The van der Waals surface area contributed by atoms with Crippen molar-refractivity contribution in [3.63, 3.8) is 0 Å². The second-order valence-corrected chi connectivity index (χ2v) is 4.78. The molecule has 3 nitrogen and oxygen atoms in total. The molecule has 0 aromatic heterocycles. The molecule has 0 amide bonds. The topological polar surface area (TPSA) is 41.5 Å². The Balaban J connectivity index is 2.00. The summed E-state index contributed by atoms with van der Waals surface area (Å²) in [7, 11) is 1.68. The molecule has 2 rings (SSSR count). The van der Waals surface area contributed by atoms with Crippen molar-refractivity contribution in [1.82, 2.24) is 5.32 Å². The summed E-state index contributed by atoms with van der Waals surface area (Å²) < 4.78 is 5.23. The summed E-state index contributed by atoms with van der Waals surface area (Å²) in [5.41, 5.74) is 2.29. The molecule has 2 unspecified atom stereocenters. The zero-order chi connectivity index (χ0) is 12.3. The Morgan fingerprint density at radius 3 is 2.94 bits per heavy atom. The lowest BCUT2D eigenvalue weighted by Gasteiger charge is -2.18. The quantitative estimate of drug-likeness (QED) is 0.834. The third-order valence-corrected chi connectivity index (χ3v) is 3.47. The fraction of sp³-hybridized carbons (Fsp3) is 0.571. The number of hydrogen-bond donors (Lipinski definition) is 2. The van der Waals surface area contributed by atoms with Crippen LogP contribution in [-0.2, 0) is 6.42 Å². The summed E-state index contributed by atoms with van der Waals surface area (Å²) in [6.07, 6.45) is 2.67. The molecule has 0 spiro atoms. The van der Waals surface area contributed by atoms with Crippen molar-refractivity contribution in [3.05, 3.63) is 29.3 Å². The lowest BCUT2D eigenvalue weighted by atomic mass is 9.99. The highest BCUT2D eigenvalue weighted by atomic mass is 16.5. The predicted molar refractivity (Wildman–Crippen MR) is 68.5 cm³/mol. The number of benzene rings is 1. The van der Waals surface area contributed by atoms with Crippen molar-refractivity contribution >= 4 is 0 Å². The molecule has 1 heterocycles. The van der Waals surface area contributed by atoms with Crippen LogP contribution in [0, 0.1) is 6.92 Å². The molecule has 0 aliphatic carbocycles. The van der Waals surface area contributed by atoms with E-state index in [1.165, 1.54) is 12.0 Å². The van der Waals surface area contributed by atoms with Gasteiger partial charge in [-0.25, -0.2) is 0 Å². The zero-order valence-corrected chi connectivity index (χ0v) is 10.6. The molecule has 2 N–H and O–H groups in total. The van der Waals surface area contributed by atoms with Gasteiger partial charge in [-0.1, -0.05) is 12.1 Å². The lowest BCUT2D eigenvalue weighted by molar-refractivity contribution is 0.136. The summed E-state index contributed by atoms with van der Waals surface area (Å²) in [5.74, 6) is 0.905. The average molecular weight is 235 g/mol. The van der Waals surface area contributed by atoms with Crippen molar-refractivity contribution in [2.75, 3.05) is 13.7 Å². The van der Waals surface area contributed by atoms with E-state index in [2.05, 4.69) is 11.4 Å². The summed E-state index contributed by atoms with van der Waals surface area (Å²) in [5, 5.41) is 13.5. The number of methoxy groups -OCH3 is 1. The van der Waals surface area contributed by atoms with Gasteiger partial charge in [0.25, 0.3) is 0 Å². The third-order valence-electron chi connectivity index (χ3n) is 3.47. The molecule has 1 aliphatic heterocycles. The molecule has 3 heteroatoms. The van der Waals surface area contributed by atoms with Gasteiger partial charge in [0.15, 0.2) is 0 Å². The van der Waals surface area contributed by atoms with Gasteiger partial charge in [0.2, 0.25) is 0 Å². The van der Waals surface area contributed by atoms with Crippen LogP contribution < -0.4 is 10.1 Å². The zero-order valence-electron chi connectivity index (χ0n) is 10.6. The second-order valence-electron chi connectivity index (χ2n) is 4.78. The first-order chi connectivity index (χ1) is 8.20. The van der Waals surface area contributed by atoms with Crippen LogP contribution in [0.25, 0.3) is 0 Å². The first-order valence-electron chi connectivity index (χ1n) is 6.25. The van der Waals surface area contributed by atoms with Gasteiger partial charge in [0, 0.05) is 6.04 Å². The summed E-state index contributed by atoms with van der Waals surface area (Å²) in [6, 6.07) is 6.36. The number of hydrogen-bond acceptors (Lipinski definition) is 3. The molecule has 1 aliphatic rings. The van der Waals surface area contributed by atoms with E-state index in [1.807, 2.05) is 19.1 Å². The molecule has 2 atom stereocenters. The smallest absolute Gasteiger partial charge is 0.121 e.